The van der Waals surface area contributed by atoms with E-state index >= 15 is 0 Å². The molecule has 15 heavy (non-hydrogen) atoms. The molecule has 1 aromatic heterocycles. The number of anilines is 1. The second-order valence-corrected chi connectivity index (χ2v) is 3.41. The molecule has 1 atom stereocenters. The summed E-state index contributed by atoms with van der Waals surface area (Å²) in [5.74, 6) is 0.942. The lowest BCUT2D eigenvalue weighted by atomic mass is 10.1. The predicted octanol–water partition coefficient (Wildman–Crippen LogP) is 1.25. The van der Waals surface area contributed by atoms with Gasteiger partial charge in [0.15, 0.2) is 0 Å². The van der Waals surface area contributed by atoms with E-state index in [0.29, 0.717) is 0 Å². The van der Waals surface area contributed by atoms with E-state index in [1.807, 2.05) is 0 Å². The van der Waals surface area contributed by atoms with Gasteiger partial charge in [0, 0.05) is 31.5 Å². The number of hydrogen-bond acceptors (Lipinski definition) is 4. The molecule has 1 aromatic rings. The van der Waals surface area contributed by atoms with Crippen molar-refractivity contribution in [3.05, 3.63) is 18.6 Å². The number of hydrogen-bond donors (Lipinski definition) is 1. The Hall–Kier alpha value is -0.580. The van der Waals surface area contributed by atoms with Crippen molar-refractivity contribution in [3.8, 4) is 0 Å². The molecule has 2 heterocycles. The first kappa shape index (κ1) is 14.4. The van der Waals surface area contributed by atoms with E-state index in [4.69, 9.17) is 5.73 Å². The van der Waals surface area contributed by atoms with Gasteiger partial charge in [-0.05, 0) is 12.8 Å². The maximum atomic E-state index is 5.87. The maximum absolute atomic E-state index is 5.87. The molecule has 1 unspecified atom stereocenters. The first-order valence-electron chi connectivity index (χ1n) is 4.63. The Balaban J connectivity index is 0.000000980. The summed E-state index contributed by atoms with van der Waals surface area (Å²) in [6, 6.07) is 0.288. The fraction of sp³-hybridized carbons (Fsp3) is 0.556. The normalized spacial score (nSPS) is 20.1. The zero-order valence-corrected chi connectivity index (χ0v) is 10.0. The second kappa shape index (κ2) is 6.82. The minimum Gasteiger partial charge on any atom is -0.354 e. The molecule has 0 bridgehead atoms. The number of rotatable bonds is 1. The zero-order valence-electron chi connectivity index (χ0n) is 8.37. The highest BCUT2D eigenvalue weighted by molar-refractivity contribution is 5.85. The SMILES string of the molecule is Cl.Cl.NC1CCCN(c2cnccn2)C1. The van der Waals surface area contributed by atoms with Gasteiger partial charge in [-0.25, -0.2) is 4.98 Å². The van der Waals surface area contributed by atoms with Crippen LogP contribution < -0.4 is 10.6 Å². The van der Waals surface area contributed by atoms with Crippen LogP contribution in [0.5, 0.6) is 0 Å². The van der Waals surface area contributed by atoms with Crippen molar-refractivity contribution >= 4 is 30.6 Å². The zero-order chi connectivity index (χ0) is 9.10. The molecule has 0 amide bonds. The largest absolute Gasteiger partial charge is 0.354 e. The lowest BCUT2D eigenvalue weighted by Gasteiger charge is -2.31. The lowest BCUT2D eigenvalue weighted by molar-refractivity contribution is 0.503. The molecule has 0 aromatic carbocycles. The van der Waals surface area contributed by atoms with E-state index in [1.165, 1.54) is 0 Å². The Bertz CT molecular complexity index is 270. The monoisotopic (exact) mass is 250 g/mol. The molecular weight excluding hydrogens is 235 g/mol. The Morgan fingerprint density at radius 3 is 2.73 bits per heavy atom. The number of halogens is 2. The molecule has 1 fully saturated rings. The summed E-state index contributed by atoms with van der Waals surface area (Å²) in [6.07, 6.45) is 7.47. The van der Waals surface area contributed by atoms with Crippen LogP contribution in [0.4, 0.5) is 5.82 Å². The van der Waals surface area contributed by atoms with E-state index < -0.39 is 0 Å². The highest BCUT2D eigenvalue weighted by Gasteiger charge is 2.17. The molecular formula is C9H16Cl2N4. The van der Waals surface area contributed by atoms with Crippen molar-refractivity contribution in [2.75, 3.05) is 18.0 Å². The van der Waals surface area contributed by atoms with Gasteiger partial charge in [0.25, 0.3) is 0 Å². The summed E-state index contributed by atoms with van der Waals surface area (Å²) in [5.41, 5.74) is 5.87. The van der Waals surface area contributed by atoms with Gasteiger partial charge in [-0.3, -0.25) is 4.98 Å². The summed E-state index contributed by atoms with van der Waals surface area (Å²) < 4.78 is 0. The molecule has 0 radical (unpaired) electrons. The second-order valence-electron chi connectivity index (χ2n) is 3.41. The quantitative estimate of drug-likeness (QED) is 0.816. The Morgan fingerprint density at radius 1 is 1.33 bits per heavy atom. The van der Waals surface area contributed by atoms with Crippen LogP contribution in [0.25, 0.3) is 0 Å². The summed E-state index contributed by atoms with van der Waals surface area (Å²) in [5, 5.41) is 0. The Kier molecular flexibility index (Phi) is 6.56. The summed E-state index contributed by atoms with van der Waals surface area (Å²) in [4.78, 5) is 10.5. The van der Waals surface area contributed by atoms with Gasteiger partial charge in [-0.1, -0.05) is 0 Å². The Labute approximate surface area is 102 Å². The number of nitrogens with zero attached hydrogens (tertiary/aromatic N) is 3. The molecule has 6 heteroatoms. The molecule has 4 nitrogen and oxygen atoms in total. The van der Waals surface area contributed by atoms with Crippen LogP contribution in [0.2, 0.25) is 0 Å². The summed E-state index contributed by atoms with van der Waals surface area (Å²) in [7, 11) is 0. The van der Waals surface area contributed by atoms with E-state index in [0.717, 1.165) is 31.7 Å². The maximum Gasteiger partial charge on any atom is 0.147 e. The van der Waals surface area contributed by atoms with Crippen molar-refractivity contribution < 1.29 is 0 Å². The van der Waals surface area contributed by atoms with Crippen LogP contribution in [-0.4, -0.2) is 29.1 Å². The summed E-state index contributed by atoms with van der Waals surface area (Å²) in [6.45, 7) is 1.95. The van der Waals surface area contributed by atoms with Crippen LogP contribution in [0, 0.1) is 0 Å². The van der Waals surface area contributed by atoms with Gasteiger partial charge >= 0.3 is 0 Å². The Morgan fingerprint density at radius 2 is 2.13 bits per heavy atom. The minimum atomic E-state index is 0. The molecule has 1 aliphatic rings. The van der Waals surface area contributed by atoms with Crippen LogP contribution >= 0.6 is 24.8 Å². The molecule has 2 N–H and O–H groups in total. The number of piperidine rings is 1. The van der Waals surface area contributed by atoms with Crippen LogP contribution in [0.15, 0.2) is 18.6 Å². The van der Waals surface area contributed by atoms with Gasteiger partial charge < -0.3 is 10.6 Å². The third-order valence-corrected chi connectivity index (χ3v) is 2.33. The fourth-order valence-corrected chi connectivity index (χ4v) is 1.67. The molecule has 2 rings (SSSR count). The first-order valence-corrected chi connectivity index (χ1v) is 4.63. The highest BCUT2D eigenvalue weighted by Crippen LogP contribution is 2.14. The predicted molar refractivity (Wildman–Crippen MR) is 66.0 cm³/mol. The molecule has 0 spiro atoms. The summed E-state index contributed by atoms with van der Waals surface area (Å²) >= 11 is 0. The standard InChI is InChI=1S/C9H14N4.2ClH/c10-8-2-1-5-13(7-8)9-6-11-3-4-12-9;;/h3-4,6,8H,1-2,5,7,10H2;2*1H. The van der Waals surface area contributed by atoms with E-state index in [9.17, 15) is 0 Å². The molecule has 0 saturated carbocycles. The van der Waals surface area contributed by atoms with Crippen LogP contribution in [0.1, 0.15) is 12.8 Å². The lowest BCUT2D eigenvalue weighted by Crippen LogP contribution is -2.43. The van der Waals surface area contributed by atoms with Crippen LogP contribution in [-0.2, 0) is 0 Å². The van der Waals surface area contributed by atoms with E-state index in [2.05, 4.69) is 14.9 Å². The average molecular weight is 251 g/mol. The van der Waals surface area contributed by atoms with Crippen molar-refractivity contribution in [1.29, 1.82) is 0 Å². The first-order chi connectivity index (χ1) is 6.36. The van der Waals surface area contributed by atoms with Gasteiger partial charge in [0.2, 0.25) is 0 Å². The number of aromatic nitrogens is 2. The number of nitrogens with two attached hydrogens (primary N) is 1. The third kappa shape index (κ3) is 3.81. The van der Waals surface area contributed by atoms with Crippen molar-refractivity contribution in [3.63, 3.8) is 0 Å². The molecule has 86 valence electrons. The average Bonchev–Trinajstić information content (AvgIpc) is 2.19. The van der Waals surface area contributed by atoms with Crippen LogP contribution in [0.3, 0.4) is 0 Å². The van der Waals surface area contributed by atoms with Crippen molar-refractivity contribution in [1.82, 2.24) is 9.97 Å². The molecule has 0 aliphatic carbocycles. The van der Waals surface area contributed by atoms with Gasteiger partial charge in [-0.2, -0.15) is 0 Å². The van der Waals surface area contributed by atoms with Gasteiger partial charge in [0.1, 0.15) is 5.82 Å². The van der Waals surface area contributed by atoms with Gasteiger partial charge in [0.05, 0.1) is 6.20 Å². The molecule has 1 saturated heterocycles. The minimum absolute atomic E-state index is 0. The van der Waals surface area contributed by atoms with E-state index in [-0.39, 0.29) is 30.9 Å². The van der Waals surface area contributed by atoms with Gasteiger partial charge in [-0.15, -0.1) is 24.8 Å². The fourth-order valence-electron chi connectivity index (χ4n) is 1.67. The topological polar surface area (TPSA) is 55.0 Å². The smallest absolute Gasteiger partial charge is 0.147 e. The van der Waals surface area contributed by atoms with Crippen molar-refractivity contribution in [2.24, 2.45) is 5.73 Å². The van der Waals surface area contributed by atoms with Crippen molar-refractivity contribution in [2.45, 2.75) is 18.9 Å². The van der Waals surface area contributed by atoms with E-state index in [1.54, 1.807) is 18.6 Å². The molecule has 1 aliphatic heterocycles. The highest BCUT2D eigenvalue weighted by atomic mass is 35.5. The third-order valence-electron chi connectivity index (χ3n) is 2.33.